The van der Waals surface area contributed by atoms with Crippen LogP contribution in [0, 0.1) is 11.3 Å². The number of aromatic nitrogens is 3. The first-order valence-electron chi connectivity index (χ1n) is 4.16. The molecule has 0 N–H and O–H groups in total. The smallest absolute Gasteiger partial charge is 0.159 e. The topological polar surface area (TPSA) is 54.5 Å². The molecule has 0 unspecified atom stereocenters. The van der Waals surface area contributed by atoms with Crippen LogP contribution in [-0.2, 0) is 7.05 Å². The summed E-state index contributed by atoms with van der Waals surface area (Å²) < 4.78 is 1.72. The van der Waals surface area contributed by atoms with Crippen molar-refractivity contribution in [3.8, 4) is 17.6 Å². The van der Waals surface area contributed by atoms with Crippen molar-refractivity contribution in [3.05, 3.63) is 36.3 Å². The Balaban J connectivity index is 2.54. The Hall–Kier alpha value is -2.15. The summed E-state index contributed by atoms with van der Waals surface area (Å²) in [5, 5.41) is 8.75. The highest BCUT2D eigenvalue weighted by molar-refractivity contribution is 5.51. The van der Waals surface area contributed by atoms with Gasteiger partial charge in [0.25, 0.3) is 0 Å². The van der Waals surface area contributed by atoms with Gasteiger partial charge >= 0.3 is 0 Å². The Morgan fingerprint density at radius 3 is 2.79 bits per heavy atom. The second-order valence-corrected chi connectivity index (χ2v) is 2.85. The SMILES string of the molecule is Cn1c(C#N)cnc1-c1ccccn1. The van der Waals surface area contributed by atoms with Crippen LogP contribution in [0.3, 0.4) is 0 Å². The summed E-state index contributed by atoms with van der Waals surface area (Å²) >= 11 is 0. The van der Waals surface area contributed by atoms with E-state index >= 15 is 0 Å². The maximum absolute atomic E-state index is 8.75. The summed E-state index contributed by atoms with van der Waals surface area (Å²) in [7, 11) is 1.80. The van der Waals surface area contributed by atoms with Crippen LogP contribution in [0.15, 0.2) is 30.6 Å². The van der Waals surface area contributed by atoms with Gasteiger partial charge in [-0.2, -0.15) is 5.26 Å². The molecule has 0 aromatic carbocycles. The van der Waals surface area contributed by atoms with Crippen molar-refractivity contribution in [1.29, 1.82) is 5.26 Å². The molecule has 14 heavy (non-hydrogen) atoms. The molecule has 0 amide bonds. The molecule has 4 nitrogen and oxygen atoms in total. The maximum Gasteiger partial charge on any atom is 0.159 e. The number of rotatable bonds is 1. The fourth-order valence-corrected chi connectivity index (χ4v) is 1.25. The van der Waals surface area contributed by atoms with Crippen LogP contribution in [0.1, 0.15) is 5.69 Å². The third-order valence-corrected chi connectivity index (χ3v) is 2.00. The normalized spacial score (nSPS) is 9.71. The van der Waals surface area contributed by atoms with Crippen LogP contribution in [-0.4, -0.2) is 14.5 Å². The van der Waals surface area contributed by atoms with Gasteiger partial charge in [-0.15, -0.1) is 0 Å². The highest BCUT2D eigenvalue weighted by atomic mass is 15.1. The first-order chi connectivity index (χ1) is 6.83. The molecule has 0 spiro atoms. The zero-order chi connectivity index (χ0) is 9.97. The fraction of sp³-hybridized carbons (Fsp3) is 0.100. The summed E-state index contributed by atoms with van der Waals surface area (Å²) in [4.78, 5) is 8.30. The lowest BCUT2D eigenvalue weighted by Gasteiger charge is -2.00. The third kappa shape index (κ3) is 1.25. The monoisotopic (exact) mass is 184 g/mol. The van der Waals surface area contributed by atoms with Crippen molar-refractivity contribution >= 4 is 0 Å². The Bertz CT molecular complexity index is 479. The number of hydrogen-bond acceptors (Lipinski definition) is 3. The molecule has 2 aromatic heterocycles. The lowest BCUT2D eigenvalue weighted by molar-refractivity contribution is 0.901. The molecule has 0 aliphatic rings. The third-order valence-electron chi connectivity index (χ3n) is 2.00. The molecule has 0 aliphatic heterocycles. The molecular formula is C10H8N4. The van der Waals surface area contributed by atoms with Gasteiger partial charge in [0.2, 0.25) is 0 Å². The average molecular weight is 184 g/mol. The largest absolute Gasteiger partial charge is 0.318 e. The van der Waals surface area contributed by atoms with E-state index in [0.29, 0.717) is 11.5 Å². The summed E-state index contributed by atoms with van der Waals surface area (Å²) in [5.41, 5.74) is 1.31. The second-order valence-electron chi connectivity index (χ2n) is 2.85. The average Bonchev–Trinajstić information content (AvgIpc) is 2.61. The predicted molar refractivity (Wildman–Crippen MR) is 51.2 cm³/mol. The van der Waals surface area contributed by atoms with E-state index in [9.17, 15) is 0 Å². The zero-order valence-electron chi connectivity index (χ0n) is 7.68. The van der Waals surface area contributed by atoms with E-state index in [4.69, 9.17) is 5.26 Å². The summed E-state index contributed by atoms with van der Waals surface area (Å²) in [5.74, 6) is 0.710. The second kappa shape index (κ2) is 3.30. The van der Waals surface area contributed by atoms with Gasteiger partial charge in [0.15, 0.2) is 5.82 Å². The molecule has 0 atom stereocenters. The molecule has 2 rings (SSSR count). The first kappa shape index (κ1) is 8.45. The Labute approximate surface area is 81.5 Å². The van der Waals surface area contributed by atoms with Crippen LogP contribution in [0.2, 0.25) is 0 Å². The highest BCUT2D eigenvalue weighted by Crippen LogP contribution is 2.14. The molecule has 2 heterocycles. The predicted octanol–water partition coefficient (Wildman–Crippen LogP) is 1.35. The molecule has 0 aliphatic carbocycles. The van der Waals surface area contributed by atoms with Gasteiger partial charge in [-0.3, -0.25) is 4.98 Å². The molecular weight excluding hydrogens is 176 g/mol. The lowest BCUT2D eigenvalue weighted by atomic mass is 10.3. The fourth-order valence-electron chi connectivity index (χ4n) is 1.25. The van der Waals surface area contributed by atoms with Crippen molar-refractivity contribution in [3.63, 3.8) is 0 Å². The van der Waals surface area contributed by atoms with Gasteiger partial charge in [-0.25, -0.2) is 4.98 Å². The Kier molecular flexibility index (Phi) is 1.99. The minimum atomic E-state index is 0.533. The first-order valence-corrected chi connectivity index (χ1v) is 4.16. The van der Waals surface area contributed by atoms with Crippen LogP contribution in [0.4, 0.5) is 0 Å². The molecule has 4 heteroatoms. The Morgan fingerprint density at radius 2 is 2.21 bits per heavy atom. The standard InChI is InChI=1S/C10H8N4/c1-14-8(6-11)7-13-10(14)9-4-2-3-5-12-9/h2-5,7H,1H3. The molecule has 0 saturated carbocycles. The van der Waals surface area contributed by atoms with Gasteiger partial charge in [-0.05, 0) is 12.1 Å². The number of hydrogen-bond donors (Lipinski definition) is 0. The van der Waals surface area contributed by atoms with Gasteiger partial charge in [0.1, 0.15) is 17.5 Å². The van der Waals surface area contributed by atoms with E-state index in [0.717, 1.165) is 5.69 Å². The van der Waals surface area contributed by atoms with Crippen LogP contribution in [0.5, 0.6) is 0 Å². The maximum atomic E-state index is 8.75. The van der Waals surface area contributed by atoms with Crippen molar-refractivity contribution in [2.75, 3.05) is 0 Å². The van der Waals surface area contributed by atoms with Gasteiger partial charge in [0.05, 0.1) is 6.20 Å². The summed E-state index contributed by atoms with van der Waals surface area (Å²) in [6, 6.07) is 7.66. The quantitative estimate of drug-likeness (QED) is 0.672. The number of pyridine rings is 1. The number of imidazole rings is 1. The van der Waals surface area contributed by atoms with Crippen molar-refractivity contribution in [2.24, 2.45) is 7.05 Å². The van der Waals surface area contributed by atoms with Crippen LogP contribution >= 0.6 is 0 Å². The number of nitriles is 1. The molecule has 2 aromatic rings. The summed E-state index contributed by atoms with van der Waals surface area (Å²) in [6.07, 6.45) is 3.25. The van der Waals surface area contributed by atoms with E-state index in [1.165, 1.54) is 0 Å². The Morgan fingerprint density at radius 1 is 1.36 bits per heavy atom. The van der Waals surface area contributed by atoms with Crippen molar-refractivity contribution in [1.82, 2.24) is 14.5 Å². The van der Waals surface area contributed by atoms with Crippen LogP contribution < -0.4 is 0 Å². The van der Waals surface area contributed by atoms with E-state index in [2.05, 4.69) is 16.0 Å². The lowest BCUT2D eigenvalue weighted by Crippen LogP contribution is -1.96. The summed E-state index contributed by atoms with van der Waals surface area (Å²) in [6.45, 7) is 0. The molecule has 0 radical (unpaired) electrons. The number of nitrogens with zero attached hydrogens (tertiary/aromatic N) is 4. The molecule has 0 saturated heterocycles. The van der Waals surface area contributed by atoms with Crippen molar-refractivity contribution < 1.29 is 0 Å². The van der Waals surface area contributed by atoms with E-state index in [-0.39, 0.29) is 0 Å². The minimum absolute atomic E-state index is 0.533. The van der Waals surface area contributed by atoms with Gasteiger partial charge in [0, 0.05) is 13.2 Å². The van der Waals surface area contributed by atoms with Gasteiger partial charge < -0.3 is 4.57 Å². The molecule has 0 fully saturated rings. The van der Waals surface area contributed by atoms with E-state index in [1.807, 2.05) is 18.2 Å². The van der Waals surface area contributed by atoms with Crippen LogP contribution in [0.25, 0.3) is 11.5 Å². The van der Waals surface area contributed by atoms with Gasteiger partial charge in [-0.1, -0.05) is 6.07 Å². The molecule has 68 valence electrons. The molecule has 0 bridgehead atoms. The highest BCUT2D eigenvalue weighted by Gasteiger charge is 2.07. The zero-order valence-corrected chi connectivity index (χ0v) is 7.68. The van der Waals surface area contributed by atoms with E-state index in [1.54, 1.807) is 24.0 Å². The van der Waals surface area contributed by atoms with E-state index < -0.39 is 0 Å². The minimum Gasteiger partial charge on any atom is -0.318 e. The van der Waals surface area contributed by atoms with Crippen molar-refractivity contribution in [2.45, 2.75) is 0 Å².